The molecule has 1 aliphatic rings. The third kappa shape index (κ3) is 1.77. The predicted molar refractivity (Wildman–Crippen MR) is 79.6 cm³/mol. The third-order valence-electron chi connectivity index (χ3n) is 3.82. The summed E-state index contributed by atoms with van der Waals surface area (Å²) in [6.45, 7) is 1.95. The lowest BCUT2D eigenvalue weighted by Crippen LogP contribution is -2.04. The average Bonchev–Trinajstić information content (AvgIpc) is 3.00. The van der Waals surface area contributed by atoms with Crippen LogP contribution >= 0.6 is 15.9 Å². The third-order valence-corrected chi connectivity index (χ3v) is 4.48. The fraction of sp³-hybridized carbons (Fsp3) is 0.214. The number of aryl methyl sites for hydroxylation is 1. The Labute approximate surface area is 129 Å². The first kappa shape index (κ1) is 12.7. The standard InChI is InChI=1S/C14H12BrN5O/c1-8-11-5-13-14(15)16-7-19(13)10-3-2-9(6-21)4-12(10)20(11)18-17-8/h2-4,7,21H,5-6H2,1H3. The molecule has 1 aromatic carbocycles. The zero-order valence-corrected chi connectivity index (χ0v) is 12.9. The first-order chi connectivity index (χ1) is 10.2. The van der Waals surface area contributed by atoms with E-state index in [2.05, 4.69) is 35.8 Å². The van der Waals surface area contributed by atoms with Gasteiger partial charge in [0.15, 0.2) is 0 Å². The van der Waals surface area contributed by atoms with Gasteiger partial charge in [0.2, 0.25) is 0 Å². The predicted octanol–water partition coefficient (Wildman–Crippen LogP) is 1.92. The highest BCUT2D eigenvalue weighted by molar-refractivity contribution is 9.10. The summed E-state index contributed by atoms with van der Waals surface area (Å²) in [5.41, 5.74) is 5.72. The van der Waals surface area contributed by atoms with Gasteiger partial charge in [-0.25, -0.2) is 9.67 Å². The molecule has 4 rings (SSSR count). The molecule has 3 heterocycles. The van der Waals surface area contributed by atoms with E-state index in [9.17, 15) is 5.11 Å². The fourth-order valence-corrected chi connectivity index (χ4v) is 3.11. The van der Waals surface area contributed by atoms with Crippen molar-refractivity contribution in [3.8, 4) is 11.4 Å². The SMILES string of the molecule is Cc1nnn2c1Cc1c(Br)ncn1-c1ccc(CO)cc1-2. The molecule has 3 aromatic rings. The number of imidazole rings is 1. The van der Waals surface area contributed by atoms with Crippen LogP contribution in [0.1, 0.15) is 22.6 Å². The van der Waals surface area contributed by atoms with Gasteiger partial charge in [-0.2, -0.15) is 0 Å². The van der Waals surface area contributed by atoms with Gasteiger partial charge in [0.25, 0.3) is 0 Å². The first-order valence-corrected chi connectivity index (χ1v) is 7.35. The van der Waals surface area contributed by atoms with Crippen LogP contribution in [0, 0.1) is 6.92 Å². The summed E-state index contributed by atoms with van der Waals surface area (Å²) in [6, 6.07) is 5.83. The lowest BCUT2D eigenvalue weighted by Gasteiger charge is -2.11. The van der Waals surface area contributed by atoms with Crippen LogP contribution in [-0.4, -0.2) is 29.7 Å². The Morgan fingerprint density at radius 1 is 1.29 bits per heavy atom. The van der Waals surface area contributed by atoms with Crippen LogP contribution in [0.25, 0.3) is 11.4 Å². The van der Waals surface area contributed by atoms with Crippen LogP contribution in [0.2, 0.25) is 0 Å². The minimum atomic E-state index is -0.00320. The van der Waals surface area contributed by atoms with Gasteiger partial charge in [0.05, 0.1) is 35.1 Å². The second-order valence-electron chi connectivity index (χ2n) is 5.04. The maximum absolute atomic E-state index is 9.39. The molecule has 7 heteroatoms. The minimum Gasteiger partial charge on any atom is -0.392 e. The molecule has 0 unspecified atom stereocenters. The number of hydrogen-bond acceptors (Lipinski definition) is 4. The molecule has 1 N–H and O–H groups in total. The van der Waals surface area contributed by atoms with Crippen LogP contribution in [0.15, 0.2) is 29.1 Å². The van der Waals surface area contributed by atoms with Crippen molar-refractivity contribution in [3.63, 3.8) is 0 Å². The molecule has 0 bridgehead atoms. The van der Waals surface area contributed by atoms with Gasteiger partial charge in [-0.3, -0.25) is 4.57 Å². The van der Waals surface area contributed by atoms with Gasteiger partial charge < -0.3 is 5.11 Å². The summed E-state index contributed by atoms with van der Waals surface area (Å²) in [6.07, 6.45) is 2.49. The van der Waals surface area contributed by atoms with E-state index >= 15 is 0 Å². The molecule has 0 radical (unpaired) electrons. The van der Waals surface area contributed by atoms with E-state index in [0.717, 1.165) is 38.6 Å². The van der Waals surface area contributed by atoms with E-state index in [1.807, 2.05) is 29.8 Å². The van der Waals surface area contributed by atoms with E-state index in [-0.39, 0.29) is 6.61 Å². The lowest BCUT2D eigenvalue weighted by atomic mass is 10.1. The molecule has 21 heavy (non-hydrogen) atoms. The highest BCUT2D eigenvalue weighted by atomic mass is 79.9. The maximum Gasteiger partial charge on any atom is 0.128 e. The van der Waals surface area contributed by atoms with Crippen molar-refractivity contribution in [2.45, 2.75) is 20.0 Å². The zero-order chi connectivity index (χ0) is 14.6. The van der Waals surface area contributed by atoms with Crippen LogP contribution in [0.3, 0.4) is 0 Å². The van der Waals surface area contributed by atoms with Crippen molar-refractivity contribution in [1.29, 1.82) is 0 Å². The smallest absolute Gasteiger partial charge is 0.128 e. The number of halogens is 1. The van der Waals surface area contributed by atoms with Crippen molar-refractivity contribution in [3.05, 3.63) is 51.8 Å². The largest absolute Gasteiger partial charge is 0.392 e. The number of aliphatic hydroxyl groups is 1. The van der Waals surface area contributed by atoms with Crippen molar-refractivity contribution in [1.82, 2.24) is 24.5 Å². The number of benzene rings is 1. The molecular weight excluding hydrogens is 334 g/mol. The van der Waals surface area contributed by atoms with Gasteiger partial charge in [-0.15, -0.1) is 5.10 Å². The topological polar surface area (TPSA) is 68.8 Å². The zero-order valence-electron chi connectivity index (χ0n) is 11.3. The Balaban J connectivity index is 2.10. The summed E-state index contributed by atoms with van der Waals surface area (Å²) < 4.78 is 4.73. The summed E-state index contributed by atoms with van der Waals surface area (Å²) in [5, 5.41) is 17.8. The second-order valence-corrected chi connectivity index (χ2v) is 5.79. The van der Waals surface area contributed by atoms with Crippen molar-refractivity contribution < 1.29 is 5.11 Å². The molecule has 0 aliphatic carbocycles. The molecule has 1 aliphatic heterocycles. The summed E-state index contributed by atoms with van der Waals surface area (Å²) in [7, 11) is 0. The van der Waals surface area contributed by atoms with Crippen LogP contribution in [0.5, 0.6) is 0 Å². The second kappa shape index (κ2) is 4.51. The number of hydrogen-bond donors (Lipinski definition) is 1. The maximum atomic E-state index is 9.39. The van der Waals surface area contributed by atoms with Gasteiger partial charge in [0.1, 0.15) is 10.9 Å². The normalized spacial score (nSPS) is 12.5. The molecule has 6 nitrogen and oxygen atoms in total. The van der Waals surface area contributed by atoms with Gasteiger partial charge in [0, 0.05) is 6.42 Å². The van der Waals surface area contributed by atoms with E-state index in [0.29, 0.717) is 6.42 Å². The van der Waals surface area contributed by atoms with Crippen LogP contribution in [0.4, 0.5) is 0 Å². The molecule has 0 fully saturated rings. The lowest BCUT2D eigenvalue weighted by molar-refractivity contribution is 0.282. The molecule has 0 spiro atoms. The average molecular weight is 346 g/mol. The van der Waals surface area contributed by atoms with Crippen LogP contribution < -0.4 is 0 Å². The highest BCUT2D eigenvalue weighted by Crippen LogP contribution is 2.31. The first-order valence-electron chi connectivity index (χ1n) is 6.56. The molecule has 0 atom stereocenters. The number of nitrogens with zero attached hydrogens (tertiary/aromatic N) is 5. The van der Waals surface area contributed by atoms with E-state index < -0.39 is 0 Å². The minimum absolute atomic E-state index is 0.00320. The quantitative estimate of drug-likeness (QED) is 0.572. The van der Waals surface area contributed by atoms with E-state index in [4.69, 9.17) is 0 Å². The Morgan fingerprint density at radius 3 is 2.95 bits per heavy atom. The molecule has 0 amide bonds. The number of aliphatic hydroxyl groups excluding tert-OH is 1. The molecule has 106 valence electrons. The summed E-state index contributed by atoms with van der Waals surface area (Å²) in [4.78, 5) is 4.35. The number of rotatable bonds is 1. The Hall–Kier alpha value is -1.99. The van der Waals surface area contributed by atoms with E-state index in [1.54, 1.807) is 6.33 Å². The number of aromatic nitrogens is 5. The van der Waals surface area contributed by atoms with Gasteiger partial charge in [-0.05, 0) is 40.5 Å². The van der Waals surface area contributed by atoms with Crippen molar-refractivity contribution in [2.75, 3.05) is 0 Å². The monoisotopic (exact) mass is 345 g/mol. The number of fused-ring (bicyclic) bond motifs is 5. The molecular formula is C14H12BrN5O. The highest BCUT2D eigenvalue weighted by Gasteiger charge is 2.24. The Bertz CT molecular complexity index is 851. The van der Waals surface area contributed by atoms with E-state index in [1.165, 1.54) is 0 Å². The van der Waals surface area contributed by atoms with Crippen LogP contribution in [-0.2, 0) is 13.0 Å². The molecule has 2 aromatic heterocycles. The Morgan fingerprint density at radius 2 is 2.14 bits per heavy atom. The van der Waals surface area contributed by atoms with Gasteiger partial charge in [-0.1, -0.05) is 11.3 Å². The van der Waals surface area contributed by atoms with Crippen molar-refractivity contribution >= 4 is 15.9 Å². The summed E-state index contributed by atoms with van der Waals surface area (Å²) >= 11 is 3.51. The van der Waals surface area contributed by atoms with Crippen molar-refractivity contribution in [2.24, 2.45) is 0 Å². The molecule has 0 saturated heterocycles. The fourth-order valence-electron chi connectivity index (χ4n) is 2.69. The Kier molecular flexibility index (Phi) is 2.73. The molecule has 0 saturated carbocycles. The summed E-state index contributed by atoms with van der Waals surface area (Å²) in [5.74, 6) is 0. The van der Waals surface area contributed by atoms with Gasteiger partial charge >= 0.3 is 0 Å².